The number of ether oxygens (including phenoxy) is 2. The molecule has 9 heteroatoms. The second kappa shape index (κ2) is 8.80. The van der Waals surface area contributed by atoms with E-state index in [9.17, 15) is 0 Å². The Morgan fingerprint density at radius 1 is 1.12 bits per heavy atom. The standard InChI is InChI=1S/C16H15Cl3N4O2/c1-24-14-3-2-9(7-22-23-16(20)21)4-10(14)8-25-15-12(18)5-11(17)6-13(15)19/h2-7H,8H2,1H3,(H4,20,21,23). The van der Waals surface area contributed by atoms with E-state index in [0.29, 0.717) is 26.6 Å². The van der Waals surface area contributed by atoms with Crippen molar-refractivity contribution >= 4 is 47.0 Å². The van der Waals surface area contributed by atoms with E-state index in [2.05, 4.69) is 10.2 Å². The van der Waals surface area contributed by atoms with Gasteiger partial charge < -0.3 is 20.9 Å². The summed E-state index contributed by atoms with van der Waals surface area (Å²) in [7, 11) is 1.56. The van der Waals surface area contributed by atoms with Crippen LogP contribution in [0.25, 0.3) is 0 Å². The van der Waals surface area contributed by atoms with Crippen LogP contribution >= 0.6 is 34.8 Å². The van der Waals surface area contributed by atoms with Crippen LogP contribution in [0, 0.1) is 0 Å². The summed E-state index contributed by atoms with van der Waals surface area (Å²) in [5.41, 5.74) is 12.0. The molecule has 25 heavy (non-hydrogen) atoms. The van der Waals surface area contributed by atoms with E-state index < -0.39 is 0 Å². The Hall–Kier alpha value is -2.15. The van der Waals surface area contributed by atoms with E-state index >= 15 is 0 Å². The van der Waals surface area contributed by atoms with E-state index in [-0.39, 0.29) is 12.6 Å². The highest BCUT2D eigenvalue weighted by atomic mass is 35.5. The molecule has 6 nitrogen and oxygen atoms in total. The van der Waals surface area contributed by atoms with Gasteiger partial charge in [0.15, 0.2) is 5.75 Å². The first-order valence-corrected chi connectivity index (χ1v) is 8.10. The van der Waals surface area contributed by atoms with Crippen molar-refractivity contribution in [3.63, 3.8) is 0 Å². The average Bonchev–Trinajstić information content (AvgIpc) is 2.53. The number of guanidine groups is 1. The van der Waals surface area contributed by atoms with Gasteiger partial charge in [-0.1, -0.05) is 34.8 Å². The minimum atomic E-state index is -0.125. The molecule has 0 aliphatic carbocycles. The molecule has 0 unspecified atom stereocenters. The first-order valence-electron chi connectivity index (χ1n) is 6.97. The molecule has 0 aliphatic heterocycles. The fourth-order valence-corrected chi connectivity index (χ4v) is 2.90. The van der Waals surface area contributed by atoms with E-state index in [0.717, 1.165) is 11.1 Å². The molecule has 0 fully saturated rings. The Bertz CT molecular complexity index is 798. The van der Waals surface area contributed by atoms with Crippen molar-refractivity contribution in [1.29, 1.82) is 0 Å². The van der Waals surface area contributed by atoms with Crippen LogP contribution in [-0.4, -0.2) is 19.3 Å². The summed E-state index contributed by atoms with van der Waals surface area (Å²) < 4.78 is 11.1. The molecule has 0 atom stereocenters. The largest absolute Gasteiger partial charge is 0.496 e. The minimum absolute atomic E-state index is 0.125. The zero-order valence-corrected chi connectivity index (χ0v) is 15.4. The zero-order chi connectivity index (χ0) is 18.4. The second-order valence-electron chi connectivity index (χ2n) is 4.83. The third-order valence-electron chi connectivity index (χ3n) is 3.02. The molecule has 2 rings (SSSR count). The highest BCUT2D eigenvalue weighted by Gasteiger charge is 2.11. The van der Waals surface area contributed by atoms with Crippen molar-refractivity contribution in [1.82, 2.24) is 0 Å². The topological polar surface area (TPSA) is 95.2 Å². The Morgan fingerprint density at radius 2 is 1.80 bits per heavy atom. The second-order valence-corrected chi connectivity index (χ2v) is 6.08. The van der Waals surface area contributed by atoms with Gasteiger partial charge in [0.2, 0.25) is 5.96 Å². The van der Waals surface area contributed by atoms with Crippen LogP contribution in [-0.2, 0) is 6.61 Å². The van der Waals surface area contributed by atoms with E-state index in [4.69, 9.17) is 55.7 Å². The molecule has 132 valence electrons. The molecule has 0 spiro atoms. The lowest BCUT2D eigenvalue weighted by atomic mass is 10.1. The average molecular weight is 402 g/mol. The number of halogens is 3. The van der Waals surface area contributed by atoms with Crippen molar-refractivity contribution in [3.8, 4) is 11.5 Å². The molecule has 0 saturated carbocycles. The van der Waals surface area contributed by atoms with Crippen LogP contribution < -0.4 is 20.9 Å². The number of hydrogen-bond donors (Lipinski definition) is 2. The van der Waals surface area contributed by atoms with Gasteiger partial charge in [-0.2, -0.15) is 5.10 Å². The highest BCUT2D eigenvalue weighted by molar-refractivity contribution is 6.40. The number of benzene rings is 2. The van der Waals surface area contributed by atoms with Gasteiger partial charge in [0, 0.05) is 10.6 Å². The molecule has 0 aliphatic rings. The number of nitrogens with zero attached hydrogens (tertiary/aromatic N) is 2. The van der Waals surface area contributed by atoms with Crippen LogP contribution in [0.3, 0.4) is 0 Å². The Morgan fingerprint density at radius 3 is 2.40 bits per heavy atom. The first kappa shape index (κ1) is 19.2. The number of hydrogen-bond acceptors (Lipinski definition) is 4. The maximum atomic E-state index is 6.12. The number of methoxy groups -OCH3 is 1. The van der Waals surface area contributed by atoms with Crippen LogP contribution in [0.4, 0.5) is 0 Å². The first-order chi connectivity index (χ1) is 11.9. The SMILES string of the molecule is COc1ccc(C=NN=C(N)N)cc1COc1c(Cl)cc(Cl)cc1Cl. The van der Waals surface area contributed by atoms with Crippen LogP contribution in [0.5, 0.6) is 11.5 Å². The van der Waals surface area contributed by atoms with Crippen molar-refractivity contribution in [2.75, 3.05) is 7.11 Å². The van der Waals surface area contributed by atoms with Gasteiger partial charge >= 0.3 is 0 Å². The Balaban J connectivity index is 2.23. The highest BCUT2D eigenvalue weighted by Crippen LogP contribution is 2.36. The fraction of sp³-hybridized carbons (Fsp3) is 0.125. The fourth-order valence-electron chi connectivity index (χ4n) is 1.97. The lowest BCUT2D eigenvalue weighted by Crippen LogP contribution is -2.21. The number of nitrogens with two attached hydrogens (primary N) is 2. The third-order valence-corrected chi connectivity index (χ3v) is 3.80. The van der Waals surface area contributed by atoms with Gasteiger partial charge in [-0.05, 0) is 35.9 Å². The molecule has 2 aromatic carbocycles. The Kier molecular flexibility index (Phi) is 6.75. The lowest BCUT2D eigenvalue weighted by molar-refractivity contribution is 0.297. The summed E-state index contributed by atoms with van der Waals surface area (Å²) in [4.78, 5) is 0. The summed E-state index contributed by atoms with van der Waals surface area (Å²) >= 11 is 18.1. The smallest absolute Gasteiger partial charge is 0.211 e. The molecule has 0 heterocycles. The molecular formula is C16H15Cl3N4O2. The van der Waals surface area contributed by atoms with Crippen molar-refractivity contribution in [2.45, 2.75) is 6.61 Å². The van der Waals surface area contributed by atoms with Crippen molar-refractivity contribution in [2.24, 2.45) is 21.7 Å². The van der Waals surface area contributed by atoms with Gasteiger partial charge in [-0.3, -0.25) is 0 Å². The predicted octanol–water partition coefficient (Wildman–Crippen LogP) is 3.84. The zero-order valence-electron chi connectivity index (χ0n) is 13.2. The van der Waals surface area contributed by atoms with Crippen molar-refractivity contribution in [3.05, 3.63) is 56.5 Å². The van der Waals surface area contributed by atoms with E-state index in [1.165, 1.54) is 6.21 Å². The minimum Gasteiger partial charge on any atom is -0.496 e. The van der Waals surface area contributed by atoms with Crippen LogP contribution in [0.15, 0.2) is 40.5 Å². The molecular weight excluding hydrogens is 387 g/mol. The third kappa shape index (κ3) is 5.42. The molecule has 2 aromatic rings. The number of rotatable bonds is 6. The Labute approximate surface area is 160 Å². The van der Waals surface area contributed by atoms with Gasteiger partial charge in [0.05, 0.1) is 23.4 Å². The summed E-state index contributed by atoms with van der Waals surface area (Å²) in [6, 6.07) is 8.51. The summed E-state index contributed by atoms with van der Waals surface area (Å²) in [6.07, 6.45) is 1.50. The van der Waals surface area contributed by atoms with E-state index in [1.807, 2.05) is 6.07 Å². The van der Waals surface area contributed by atoms with Crippen molar-refractivity contribution < 1.29 is 9.47 Å². The monoisotopic (exact) mass is 400 g/mol. The quantitative estimate of drug-likeness (QED) is 0.437. The van der Waals surface area contributed by atoms with E-state index in [1.54, 1.807) is 31.4 Å². The molecule has 0 saturated heterocycles. The van der Waals surface area contributed by atoms with Gasteiger partial charge in [-0.15, -0.1) is 5.10 Å². The molecule has 0 bridgehead atoms. The summed E-state index contributed by atoms with van der Waals surface area (Å²) in [6.45, 7) is 0.175. The van der Waals surface area contributed by atoms with Crippen LogP contribution in [0.2, 0.25) is 15.1 Å². The maximum Gasteiger partial charge on any atom is 0.211 e. The van der Waals surface area contributed by atoms with Gasteiger partial charge in [0.1, 0.15) is 12.4 Å². The molecule has 0 radical (unpaired) electrons. The predicted molar refractivity (Wildman–Crippen MR) is 102 cm³/mol. The normalized spacial score (nSPS) is 10.7. The lowest BCUT2D eigenvalue weighted by Gasteiger charge is -2.13. The summed E-state index contributed by atoms with van der Waals surface area (Å²) in [5, 5.41) is 8.39. The van der Waals surface area contributed by atoms with Crippen LogP contribution in [0.1, 0.15) is 11.1 Å². The molecule has 0 amide bonds. The van der Waals surface area contributed by atoms with Gasteiger partial charge in [0.25, 0.3) is 0 Å². The molecule has 4 N–H and O–H groups in total. The maximum absolute atomic E-state index is 6.12. The van der Waals surface area contributed by atoms with Gasteiger partial charge in [-0.25, -0.2) is 0 Å². The summed E-state index contributed by atoms with van der Waals surface area (Å²) in [5.74, 6) is 0.856. The molecule has 0 aromatic heterocycles.